The molecule has 98 valence electrons. The summed E-state index contributed by atoms with van der Waals surface area (Å²) in [4.78, 5) is 2.17. The molecule has 1 aromatic carbocycles. The normalized spacial score (nSPS) is 23.8. The molecule has 2 rings (SSSR count). The van der Waals surface area contributed by atoms with Crippen molar-refractivity contribution in [3.8, 4) is 0 Å². The lowest BCUT2D eigenvalue weighted by Gasteiger charge is -2.36. The zero-order valence-electron chi connectivity index (χ0n) is 11.1. The van der Waals surface area contributed by atoms with Gasteiger partial charge in [-0.05, 0) is 45.1 Å². The van der Waals surface area contributed by atoms with Crippen molar-refractivity contribution in [1.82, 2.24) is 4.90 Å². The Balaban J connectivity index is 1.97. The van der Waals surface area contributed by atoms with Crippen LogP contribution < -0.4 is 5.32 Å². The predicted octanol–water partition coefficient (Wildman–Crippen LogP) is 2.80. The Morgan fingerprint density at radius 2 is 1.78 bits per heavy atom. The van der Waals surface area contributed by atoms with Crippen molar-refractivity contribution in [3.05, 3.63) is 29.8 Å². The molecule has 1 N–H and O–H groups in total. The summed E-state index contributed by atoms with van der Waals surface area (Å²) >= 11 is 5.45. The number of hydrogen-bond donors (Lipinski definition) is 1. The predicted molar refractivity (Wildman–Crippen MR) is 79.0 cm³/mol. The second-order valence-electron chi connectivity index (χ2n) is 4.96. The van der Waals surface area contributed by atoms with Crippen LogP contribution in [0.15, 0.2) is 24.3 Å². The minimum Gasteiger partial charge on any atom is -0.372 e. The molecule has 0 bridgehead atoms. The van der Waals surface area contributed by atoms with E-state index in [9.17, 15) is 0 Å². The Kier molecular flexibility index (Phi) is 4.19. The van der Waals surface area contributed by atoms with E-state index < -0.39 is 0 Å². The number of morpholine rings is 1. The van der Waals surface area contributed by atoms with Gasteiger partial charge in [-0.15, -0.1) is 0 Å². The molecule has 18 heavy (non-hydrogen) atoms. The molecule has 1 aliphatic rings. The summed E-state index contributed by atoms with van der Waals surface area (Å²) in [5.41, 5.74) is 2.29. The topological polar surface area (TPSA) is 24.5 Å². The third kappa shape index (κ3) is 3.43. The lowest BCUT2D eigenvalue weighted by Crippen LogP contribution is -2.49. The van der Waals surface area contributed by atoms with Crippen molar-refractivity contribution in [2.24, 2.45) is 0 Å². The number of benzene rings is 1. The highest BCUT2D eigenvalue weighted by Gasteiger charge is 2.23. The van der Waals surface area contributed by atoms with Crippen LogP contribution >= 0.6 is 12.2 Å². The Hall–Kier alpha value is -1.13. The number of rotatable bonds is 1. The van der Waals surface area contributed by atoms with Crippen LogP contribution in [0.2, 0.25) is 0 Å². The number of anilines is 1. The first kappa shape index (κ1) is 13.3. The summed E-state index contributed by atoms with van der Waals surface area (Å²) in [5.74, 6) is 0. The molecule has 1 heterocycles. The molecular formula is C14H20N2OS. The zero-order chi connectivity index (χ0) is 13.1. The van der Waals surface area contributed by atoms with Crippen LogP contribution in [0.3, 0.4) is 0 Å². The quantitative estimate of drug-likeness (QED) is 0.788. The summed E-state index contributed by atoms with van der Waals surface area (Å²) in [6, 6.07) is 8.26. The number of ether oxygens (including phenoxy) is 1. The monoisotopic (exact) mass is 264 g/mol. The number of thiocarbonyl (C=S) groups is 1. The summed E-state index contributed by atoms with van der Waals surface area (Å²) in [5, 5.41) is 4.06. The summed E-state index contributed by atoms with van der Waals surface area (Å²) in [6.07, 6.45) is 0.457. The highest BCUT2D eigenvalue weighted by Crippen LogP contribution is 2.14. The van der Waals surface area contributed by atoms with Gasteiger partial charge in [-0.3, -0.25) is 0 Å². The average Bonchev–Trinajstić information content (AvgIpc) is 2.31. The summed E-state index contributed by atoms with van der Waals surface area (Å²) in [6.45, 7) is 7.94. The van der Waals surface area contributed by atoms with Crippen LogP contribution in [-0.4, -0.2) is 35.3 Å². The first-order chi connectivity index (χ1) is 8.54. The minimum atomic E-state index is 0.228. The third-order valence-corrected chi connectivity index (χ3v) is 3.37. The fraction of sp³-hybridized carbons (Fsp3) is 0.500. The number of nitrogens with zero attached hydrogens (tertiary/aromatic N) is 1. The Morgan fingerprint density at radius 3 is 2.33 bits per heavy atom. The van der Waals surface area contributed by atoms with Crippen molar-refractivity contribution in [2.45, 2.75) is 33.0 Å². The molecule has 4 heteroatoms. The van der Waals surface area contributed by atoms with Crippen molar-refractivity contribution in [1.29, 1.82) is 0 Å². The van der Waals surface area contributed by atoms with Crippen LogP contribution in [-0.2, 0) is 4.74 Å². The van der Waals surface area contributed by atoms with Gasteiger partial charge in [0.15, 0.2) is 5.11 Å². The lowest BCUT2D eigenvalue weighted by molar-refractivity contribution is -0.0473. The van der Waals surface area contributed by atoms with E-state index in [4.69, 9.17) is 17.0 Å². The van der Waals surface area contributed by atoms with E-state index in [2.05, 4.69) is 55.3 Å². The molecule has 1 aromatic rings. The van der Waals surface area contributed by atoms with Gasteiger partial charge in [-0.25, -0.2) is 0 Å². The molecule has 2 atom stereocenters. The van der Waals surface area contributed by atoms with E-state index in [1.807, 2.05) is 0 Å². The van der Waals surface area contributed by atoms with Gasteiger partial charge in [-0.2, -0.15) is 0 Å². The second kappa shape index (κ2) is 5.67. The number of hydrogen-bond acceptors (Lipinski definition) is 2. The third-order valence-electron chi connectivity index (χ3n) is 3.01. The van der Waals surface area contributed by atoms with E-state index >= 15 is 0 Å². The molecular weight excluding hydrogens is 244 g/mol. The van der Waals surface area contributed by atoms with E-state index in [1.54, 1.807) is 0 Å². The van der Waals surface area contributed by atoms with Crippen LogP contribution in [0.25, 0.3) is 0 Å². The molecule has 0 aromatic heterocycles. The summed E-state index contributed by atoms with van der Waals surface area (Å²) < 4.78 is 5.70. The lowest BCUT2D eigenvalue weighted by atomic mass is 10.2. The number of nitrogens with one attached hydrogen (secondary N) is 1. The first-order valence-corrected chi connectivity index (χ1v) is 6.73. The van der Waals surface area contributed by atoms with Gasteiger partial charge in [-0.1, -0.05) is 17.7 Å². The van der Waals surface area contributed by atoms with Gasteiger partial charge < -0.3 is 15.0 Å². The van der Waals surface area contributed by atoms with Crippen LogP contribution in [0.1, 0.15) is 19.4 Å². The Labute approximate surface area is 114 Å². The SMILES string of the molecule is Cc1ccc(NC(=S)N2C[C@@H](C)O[C@H](C)C2)cc1. The van der Waals surface area contributed by atoms with Crippen LogP contribution in [0, 0.1) is 6.92 Å². The van der Waals surface area contributed by atoms with Crippen molar-refractivity contribution in [2.75, 3.05) is 18.4 Å². The zero-order valence-corrected chi connectivity index (χ0v) is 12.0. The molecule has 0 aliphatic carbocycles. The maximum absolute atomic E-state index is 5.70. The van der Waals surface area contributed by atoms with Gasteiger partial charge >= 0.3 is 0 Å². The highest BCUT2D eigenvalue weighted by molar-refractivity contribution is 7.80. The van der Waals surface area contributed by atoms with Gasteiger partial charge in [0.2, 0.25) is 0 Å². The van der Waals surface area contributed by atoms with Crippen molar-refractivity contribution < 1.29 is 4.74 Å². The maximum Gasteiger partial charge on any atom is 0.173 e. The van der Waals surface area contributed by atoms with Crippen LogP contribution in [0.4, 0.5) is 5.69 Å². The molecule has 1 fully saturated rings. The fourth-order valence-electron chi connectivity index (χ4n) is 2.18. The molecule has 1 aliphatic heterocycles. The molecule has 0 radical (unpaired) electrons. The highest BCUT2D eigenvalue weighted by atomic mass is 32.1. The second-order valence-corrected chi connectivity index (χ2v) is 5.35. The largest absolute Gasteiger partial charge is 0.372 e. The maximum atomic E-state index is 5.70. The molecule has 1 saturated heterocycles. The molecule has 3 nitrogen and oxygen atoms in total. The molecule has 0 unspecified atom stereocenters. The van der Waals surface area contributed by atoms with E-state index in [-0.39, 0.29) is 12.2 Å². The van der Waals surface area contributed by atoms with E-state index in [0.717, 1.165) is 23.9 Å². The van der Waals surface area contributed by atoms with E-state index in [1.165, 1.54) is 5.56 Å². The summed E-state index contributed by atoms with van der Waals surface area (Å²) in [7, 11) is 0. The minimum absolute atomic E-state index is 0.228. The average molecular weight is 264 g/mol. The van der Waals surface area contributed by atoms with Gasteiger partial charge in [0.05, 0.1) is 12.2 Å². The van der Waals surface area contributed by atoms with Crippen LogP contribution in [0.5, 0.6) is 0 Å². The van der Waals surface area contributed by atoms with Gasteiger partial charge in [0.25, 0.3) is 0 Å². The van der Waals surface area contributed by atoms with Crippen molar-refractivity contribution in [3.63, 3.8) is 0 Å². The Morgan fingerprint density at radius 1 is 1.22 bits per heavy atom. The standard InChI is InChI=1S/C14H20N2OS/c1-10-4-6-13(7-5-10)15-14(18)16-8-11(2)17-12(3)9-16/h4-7,11-12H,8-9H2,1-3H3,(H,15,18)/t11-,12-/m1/s1. The molecule has 0 amide bonds. The number of aryl methyl sites for hydroxylation is 1. The van der Waals surface area contributed by atoms with Gasteiger partial charge in [0.1, 0.15) is 0 Å². The molecule has 0 saturated carbocycles. The smallest absolute Gasteiger partial charge is 0.173 e. The molecule has 0 spiro atoms. The fourth-order valence-corrected chi connectivity index (χ4v) is 2.45. The first-order valence-electron chi connectivity index (χ1n) is 6.32. The van der Waals surface area contributed by atoms with E-state index in [0.29, 0.717) is 0 Å². The Bertz CT molecular complexity index is 408. The van der Waals surface area contributed by atoms with Gasteiger partial charge in [0, 0.05) is 18.8 Å². The van der Waals surface area contributed by atoms with Crippen molar-refractivity contribution >= 4 is 23.0 Å².